The molecule has 0 bridgehead atoms. The SMILES string of the molecule is Cc1cccc(-c2cnn(Cc3ccccc3Br)c2)c1. The van der Waals surface area contributed by atoms with Crippen LogP contribution in [0.15, 0.2) is 65.4 Å². The molecule has 0 radical (unpaired) electrons. The van der Waals surface area contributed by atoms with Gasteiger partial charge in [-0.05, 0) is 24.1 Å². The van der Waals surface area contributed by atoms with Gasteiger partial charge in [0, 0.05) is 16.2 Å². The summed E-state index contributed by atoms with van der Waals surface area (Å²) in [7, 11) is 0. The summed E-state index contributed by atoms with van der Waals surface area (Å²) in [5.74, 6) is 0. The van der Waals surface area contributed by atoms with E-state index >= 15 is 0 Å². The number of benzene rings is 2. The molecule has 1 heterocycles. The fourth-order valence-corrected chi connectivity index (χ4v) is 2.64. The number of aryl methyl sites for hydroxylation is 1. The van der Waals surface area contributed by atoms with Crippen LogP contribution < -0.4 is 0 Å². The first-order chi connectivity index (χ1) is 9.72. The number of nitrogens with zero attached hydrogens (tertiary/aromatic N) is 2. The maximum atomic E-state index is 4.45. The lowest BCUT2D eigenvalue weighted by atomic mass is 10.1. The Balaban J connectivity index is 1.86. The van der Waals surface area contributed by atoms with Gasteiger partial charge in [0.2, 0.25) is 0 Å². The summed E-state index contributed by atoms with van der Waals surface area (Å²) in [6, 6.07) is 16.7. The van der Waals surface area contributed by atoms with Crippen LogP contribution in [0, 0.1) is 6.92 Å². The Labute approximate surface area is 127 Å². The van der Waals surface area contributed by atoms with Crippen molar-refractivity contribution in [2.24, 2.45) is 0 Å². The molecule has 2 nitrogen and oxygen atoms in total. The van der Waals surface area contributed by atoms with Crippen molar-refractivity contribution in [3.05, 3.63) is 76.5 Å². The minimum Gasteiger partial charge on any atom is -0.268 e. The predicted octanol–water partition coefficient (Wildman–Crippen LogP) is 4.67. The zero-order valence-corrected chi connectivity index (χ0v) is 12.8. The van der Waals surface area contributed by atoms with E-state index in [1.54, 1.807) is 0 Å². The van der Waals surface area contributed by atoms with E-state index in [2.05, 4.69) is 70.5 Å². The maximum absolute atomic E-state index is 4.45. The molecule has 3 heteroatoms. The molecule has 0 atom stereocenters. The number of hydrogen-bond acceptors (Lipinski definition) is 1. The third kappa shape index (κ3) is 2.83. The van der Waals surface area contributed by atoms with Crippen molar-refractivity contribution in [3.63, 3.8) is 0 Å². The lowest BCUT2D eigenvalue weighted by molar-refractivity contribution is 0.685. The number of halogens is 1. The summed E-state index contributed by atoms with van der Waals surface area (Å²) < 4.78 is 3.09. The highest BCUT2D eigenvalue weighted by molar-refractivity contribution is 9.10. The molecule has 100 valence electrons. The van der Waals surface area contributed by atoms with Crippen LogP contribution in [0.5, 0.6) is 0 Å². The zero-order chi connectivity index (χ0) is 13.9. The standard InChI is InChI=1S/C17H15BrN2/c1-13-5-4-7-14(9-13)16-10-19-20(12-16)11-15-6-2-3-8-17(15)18/h2-10,12H,11H2,1H3. The summed E-state index contributed by atoms with van der Waals surface area (Å²) in [5.41, 5.74) is 4.86. The van der Waals surface area contributed by atoms with Crippen LogP contribution >= 0.6 is 15.9 Å². The molecule has 0 aliphatic heterocycles. The van der Waals surface area contributed by atoms with Crippen LogP contribution in [0.1, 0.15) is 11.1 Å². The van der Waals surface area contributed by atoms with E-state index in [1.807, 2.05) is 23.0 Å². The van der Waals surface area contributed by atoms with Crippen LogP contribution in [0.3, 0.4) is 0 Å². The molecule has 0 aliphatic carbocycles. The van der Waals surface area contributed by atoms with Crippen molar-refractivity contribution in [2.45, 2.75) is 13.5 Å². The van der Waals surface area contributed by atoms with Gasteiger partial charge in [-0.2, -0.15) is 5.10 Å². The third-order valence-corrected chi connectivity index (χ3v) is 4.05. The number of rotatable bonds is 3. The second kappa shape index (κ2) is 5.63. The van der Waals surface area contributed by atoms with E-state index < -0.39 is 0 Å². The summed E-state index contributed by atoms with van der Waals surface area (Å²) in [6.07, 6.45) is 4.01. The zero-order valence-electron chi connectivity index (χ0n) is 11.3. The second-order valence-electron chi connectivity index (χ2n) is 4.89. The van der Waals surface area contributed by atoms with E-state index in [4.69, 9.17) is 0 Å². The molecule has 0 aliphatic rings. The molecule has 3 rings (SSSR count). The third-order valence-electron chi connectivity index (χ3n) is 3.27. The summed E-state index contributed by atoms with van der Waals surface area (Å²) in [6.45, 7) is 2.88. The van der Waals surface area contributed by atoms with Gasteiger partial charge in [0.05, 0.1) is 12.7 Å². The minimum absolute atomic E-state index is 0.771. The minimum atomic E-state index is 0.771. The monoisotopic (exact) mass is 326 g/mol. The van der Waals surface area contributed by atoms with Crippen molar-refractivity contribution in [1.82, 2.24) is 9.78 Å². The lowest BCUT2D eigenvalue weighted by Crippen LogP contribution is -2.00. The Bertz CT molecular complexity index is 731. The summed E-state index contributed by atoms with van der Waals surface area (Å²) in [5, 5.41) is 4.45. The Morgan fingerprint density at radius 1 is 1.05 bits per heavy atom. The number of aromatic nitrogens is 2. The van der Waals surface area contributed by atoms with Crippen LogP contribution in [-0.2, 0) is 6.54 Å². The average Bonchev–Trinajstić information content (AvgIpc) is 2.90. The highest BCUT2D eigenvalue weighted by Gasteiger charge is 2.04. The van der Waals surface area contributed by atoms with Gasteiger partial charge < -0.3 is 0 Å². The molecular weight excluding hydrogens is 312 g/mol. The largest absolute Gasteiger partial charge is 0.268 e. The summed E-state index contributed by atoms with van der Waals surface area (Å²) in [4.78, 5) is 0. The summed E-state index contributed by atoms with van der Waals surface area (Å²) >= 11 is 3.57. The van der Waals surface area contributed by atoms with Crippen LogP contribution in [0.2, 0.25) is 0 Å². The Kier molecular flexibility index (Phi) is 3.70. The molecule has 20 heavy (non-hydrogen) atoms. The molecule has 0 amide bonds. The molecule has 0 spiro atoms. The lowest BCUT2D eigenvalue weighted by Gasteiger charge is -2.04. The van der Waals surface area contributed by atoms with Gasteiger partial charge in [-0.25, -0.2) is 0 Å². The van der Waals surface area contributed by atoms with E-state index in [1.165, 1.54) is 16.7 Å². The predicted molar refractivity (Wildman–Crippen MR) is 85.6 cm³/mol. The van der Waals surface area contributed by atoms with Gasteiger partial charge in [-0.3, -0.25) is 4.68 Å². The van der Waals surface area contributed by atoms with Gasteiger partial charge in [-0.15, -0.1) is 0 Å². The highest BCUT2D eigenvalue weighted by Crippen LogP contribution is 2.21. The molecule has 0 unspecified atom stereocenters. The first kappa shape index (κ1) is 13.1. The van der Waals surface area contributed by atoms with Gasteiger partial charge in [0.25, 0.3) is 0 Å². The molecule has 0 saturated heterocycles. The Hall–Kier alpha value is -1.87. The van der Waals surface area contributed by atoms with Gasteiger partial charge in [0.1, 0.15) is 0 Å². The number of hydrogen-bond donors (Lipinski definition) is 0. The molecule has 1 aromatic heterocycles. The normalized spacial score (nSPS) is 10.7. The fourth-order valence-electron chi connectivity index (χ4n) is 2.22. The van der Waals surface area contributed by atoms with E-state index in [-0.39, 0.29) is 0 Å². The smallest absolute Gasteiger partial charge is 0.0670 e. The van der Waals surface area contributed by atoms with Gasteiger partial charge in [0.15, 0.2) is 0 Å². The first-order valence-corrected chi connectivity index (χ1v) is 7.34. The molecule has 2 aromatic carbocycles. The topological polar surface area (TPSA) is 17.8 Å². The molecular formula is C17H15BrN2. The van der Waals surface area contributed by atoms with Crippen molar-refractivity contribution < 1.29 is 0 Å². The van der Waals surface area contributed by atoms with E-state index in [0.717, 1.165) is 16.6 Å². The van der Waals surface area contributed by atoms with Crippen molar-refractivity contribution in [1.29, 1.82) is 0 Å². The molecule has 0 fully saturated rings. The molecule has 0 saturated carbocycles. The fraction of sp³-hybridized carbons (Fsp3) is 0.118. The van der Waals surface area contributed by atoms with Gasteiger partial charge in [-0.1, -0.05) is 64.0 Å². The Morgan fingerprint density at radius 2 is 1.90 bits per heavy atom. The van der Waals surface area contributed by atoms with Crippen LogP contribution in [0.25, 0.3) is 11.1 Å². The van der Waals surface area contributed by atoms with Crippen molar-refractivity contribution >= 4 is 15.9 Å². The first-order valence-electron chi connectivity index (χ1n) is 6.55. The second-order valence-corrected chi connectivity index (χ2v) is 5.74. The van der Waals surface area contributed by atoms with E-state index in [9.17, 15) is 0 Å². The van der Waals surface area contributed by atoms with Crippen molar-refractivity contribution in [3.8, 4) is 11.1 Å². The van der Waals surface area contributed by atoms with Crippen LogP contribution in [-0.4, -0.2) is 9.78 Å². The molecule has 0 N–H and O–H groups in total. The molecule has 3 aromatic rings. The highest BCUT2D eigenvalue weighted by atomic mass is 79.9. The Morgan fingerprint density at radius 3 is 2.70 bits per heavy atom. The maximum Gasteiger partial charge on any atom is 0.0670 e. The van der Waals surface area contributed by atoms with Crippen molar-refractivity contribution in [2.75, 3.05) is 0 Å². The van der Waals surface area contributed by atoms with E-state index in [0.29, 0.717) is 0 Å². The average molecular weight is 327 g/mol. The quantitative estimate of drug-likeness (QED) is 0.683. The van der Waals surface area contributed by atoms with Crippen LogP contribution in [0.4, 0.5) is 0 Å². The van der Waals surface area contributed by atoms with Gasteiger partial charge >= 0.3 is 0 Å².